The Morgan fingerprint density at radius 1 is 1.19 bits per heavy atom. The van der Waals surface area contributed by atoms with Crippen LogP contribution in [-0.4, -0.2) is 53.2 Å². The second-order valence-corrected chi connectivity index (χ2v) is 6.54. The van der Waals surface area contributed by atoms with Gasteiger partial charge >= 0.3 is 6.18 Å². The van der Waals surface area contributed by atoms with Crippen LogP contribution in [0.25, 0.3) is 11.3 Å². The molecule has 9 heteroatoms. The van der Waals surface area contributed by atoms with Crippen LogP contribution in [0.1, 0.15) is 6.92 Å². The van der Waals surface area contributed by atoms with Gasteiger partial charge in [0.25, 0.3) is 5.69 Å². The molecule has 2 aromatic rings. The number of anilines is 1. The molecule has 3 rings (SSSR count). The molecule has 1 aliphatic heterocycles. The number of piperazine rings is 1. The average Bonchev–Trinajstić information content (AvgIpc) is 2.62. The molecule has 0 aliphatic carbocycles. The van der Waals surface area contributed by atoms with E-state index in [0.29, 0.717) is 24.5 Å². The van der Waals surface area contributed by atoms with E-state index in [1.165, 1.54) is 11.0 Å². The summed E-state index contributed by atoms with van der Waals surface area (Å²) in [6.07, 6.45) is -4.23. The number of nitro groups is 1. The van der Waals surface area contributed by atoms with E-state index in [-0.39, 0.29) is 24.0 Å². The van der Waals surface area contributed by atoms with Gasteiger partial charge < -0.3 is 4.90 Å². The van der Waals surface area contributed by atoms with Gasteiger partial charge in [-0.3, -0.25) is 15.0 Å². The predicted molar refractivity (Wildman–Crippen MR) is 95.6 cm³/mol. The zero-order chi connectivity index (χ0) is 19.6. The highest BCUT2D eigenvalue weighted by Gasteiger charge is 2.35. The maximum Gasteiger partial charge on any atom is 0.401 e. The van der Waals surface area contributed by atoms with Gasteiger partial charge in [0.1, 0.15) is 5.82 Å². The maximum atomic E-state index is 12.7. The fourth-order valence-corrected chi connectivity index (χ4v) is 3.24. The Morgan fingerprint density at radius 2 is 1.89 bits per heavy atom. The topological polar surface area (TPSA) is 62.5 Å². The van der Waals surface area contributed by atoms with E-state index in [2.05, 4.69) is 4.98 Å². The van der Waals surface area contributed by atoms with Crippen molar-refractivity contribution in [1.82, 2.24) is 9.88 Å². The highest BCUT2D eigenvalue weighted by molar-refractivity contribution is 5.71. The van der Waals surface area contributed by atoms with Crippen LogP contribution in [-0.2, 0) is 0 Å². The smallest absolute Gasteiger partial charge is 0.354 e. The average molecular weight is 380 g/mol. The first-order valence-corrected chi connectivity index (χ1v) is 8.51. The lowest BCUT2D eigenvalue weighted by Crippen LogP contribution is -2.54. The van der Waals surface area contributed by atoms with Crippen molar-refractivity contribution in [3.63, 3.8) is 0 Å². The van der Waals surface area contributed by atoms with Crippen molar-refractivity contribution in [2.75, 3.05) is 31.1 Å². The number of hydrogen-bond acceptors (Lipinski definition) is 5. The van der Waals surface area contributed by atoms with Crippen LogP contribution in [0.5, 0.6) is 0 Å². The van der Waals surface area contributed by atoms with Crippen molar-refractivity contribution >= 4 is 11.5 Å². The Morgan fingerprint density at radius 3 is 2.48 bits per heavy atom. The molecule has 2 heterocycles. The third-order valence-corrected chi connectivity index (χ3v) is 4.57. The zero-order valence-electron chi connectivity index (χ0n) is 14.7. The van der Waals surface area contributed by atoms with Gasteiger partial charge in [-0.25, -0.2) is 4.98 Å². The predicted octanol–water partition coefficient (Wildman–Crippen LogP) is 3.73. The van der Waals surface area contributed by atoms with Crippen molar-refractivity contribution in [2.45, 2.75) is 19.1 Å². The first kappa shape index (κ1) is 19.1. The third-order valence-electron chi connectivity index (χ3n) is 4.57. The van der Waals surface area contributed by atoms with Gasteiger partial charge in [0.05, 0.1) is 11.5 Å². The second kappa shape index (κ2) is 7.51. The summed E-state index contributed by atoms with van der Waals surface area (Å²) in [4.78, 5) is 18.6. The number of rotatable bonds is 4. The number of pyridine rings is 1. The second-order valence-electron chi connectivity index (χ2n) is 6.54. The standard InChI is InChI=1S/C18H19F3N4O2/c1-13-11-23(9-10-24(13)12-18(19,20)21)16-8-7-15(25(26)27)17(22-16)14-5-3-2-4-6-14/h2-8,13H,9-12H2,1H3. The molecule has 0 bridgehead atoms. The van der Waals surface area contributed by atoms with Crippen LogP contribution in [0, 0.1) is 10.1 Å². The van der Waals surface area contributed by atoms with Gasteiger partial charge in [0.15, 0.2) is 5.69 Å². The molecule has 1 unspecified atom stereocenters. The molecule has 0 N–H and O–H groups in total. The number of alkyl halides is 3. The summed E-state index contributed by atoms with van der Waals surface area (Å²) in [5, 5.41) is 11.3. The lowest BCUT2D eigenvalue weighted by molar-refractivity contribution is -0.384. The summed E-state index contributed by atoms with van der Waals surface area (Å²) in [7, 11) is 0. The minimum Gasteiger partial charge on any atom is -0.354 e. The van der Waals surface area contributed by atoms with Crippen molar-refractivity contribution in [3.8, 4) is 11.3 Å². The summed E-state index contributed by atoms with van der Waals surface area (Å²) < 4.78 is 38.0. The third kappa shape index (κ3) is 4.54. The molecule has 1 fully saturated rings. The molecule has 27 heavy (non-hydrogen) atoms. The SMILES string of the molecule is CC1CN(c2ccc([N+](=O)[O-])c(-c3ccccc3)n2)CCN1CC(F)(F)F. The minimum atomic E-state index is -4.23. The summed E-state index contributed by atoms with van der Waals surface area (Å²) in [6, 6.07) is 11.5. The number of aromatic nitrogens is 1. The Labute approximate surface area is 154 Å². The van der Waals surface area contributed by atoms with Crippen LogP contribution in [0.15, 0.2) is 42.5 Å². The van der Waals surface area contributed by atoms with Gasteiger partial charge in [0.2, 0.25) is 0 Å². The molecule has 144 valence electrons. The summed E-state index contributed by atoms with van der Waals surface area (Å²) in [6.45, 7) is 1.79. The van der Waals surface area contributed by atoms with E-state index in [9.17, 15) is 23.3 Å². The van der Waals surface area contributed by atoms with Crippen molar-refractivity contribution in [1.29, 1.82) is 0 Å². The first-order valence-electron chi connectivity index (χ1n) is 8.51. The highest BCUT2D eigenvalue weighted by Crippen LogP contribution is 2.31. The van der Waals surface area contributed by atoms with E-state index in [4.69, 9.17) is 0 Å². The first-order chi connectivity index (χ1) is 12.7. The molecule has 0 amide bonds. The minimum absolute atomic E-state index is 0.103. The lowest BCUT2D eigenvalue weighted by atomic mass is 10.1. The number of nitrogens with zero attached hydrogens (tertiary/aromatic N) is 4. The maximum absolute atomic E-state index is 12.7. The summed E-state index contributed by atoms with van der Waals surface area (Å²) >= 11 is 0. The highest BCUT2D eigenvalue weighted by atomic mass is 19.4. The molecule has 0 saturated carbocycles. The number of benzene rings is 1. The van der Waals surface area contributed by atoms with Crippen LogP contribution in [0.2, 0.25) is 0 Å². The Kier molecular flexibility index (Phi) is 5.31. The summed E-state index contributed by atoms with van der Waals surface area (Å²) in [5.41, 5.74) is 0.770. The Balaban J connectivity index is 1.85. The molecule has 1 atom stereocenters. The van der Waals surface area contributed by atoms with Crippen LogP contribution in [0.3, 0.4) is 0 Å². The van der Waals surface area contributed by atoms with Gasteiger partial charge in [0, 0.05) is 37.3 Å². The molecular weight excluding hydrogens is 361 g/mol. The van der Waals surface area contributed by atoms with Crippen molar-refractivity contribution in [3.05, 3.63) is 52.6 Å². The molecule has 1 aliphatic rings. The molecule has 6 nitrogen and oxygen atoms in total. The summed E-state index contributed by atoms with van der Waals surface area (Å²) in [5.74, 6) is 0.526. The Hall–Kier alpha value is -2.68. The van der Waals surface area contributed by atoms with Crippen LogP contribution in [0.4, 0.5) is 24.7 Å². The van der Waals surface area contributed by atoms with Crippen LogP contribution >= 0.6 is 0 Å². The van der Waals surface area contributed by atoms with E-state index in [0.717, 1.165) is 0 Å². The molecule has 1 aromatic heterocycles. The van der Waals surface area contributed by atoms with Gasteiger partial charge in [-0.1, -0.05) is 30.3 Å². The van der Waals surface area contributed by atoms with Gasteiger partial charge in [-0.05, 0) is 13.0 Å². The fraction of sp³-hybridized carbons (Fsp3) is 0.389. The normalized spacial score (nSPS) is 18.5. The lowest BCUT2D eigenvalue weighted by Gasteiger charge is -2.40. The number of halogens is 3. The molecular formula is C18H19F3N4O2. The molecule has 0 radical (unpaired) electrons. The monoisotopic (exact) mass is 380 g/mol. The van der Waals surface area contributed by atoms with E-state index in [1.54, 1.807) is 43.3 Å². The fourth-order valence-electron chi connectivity index (χ4n) is 3.24. The Bertz CT molecular complexity index is 814. The molecule has 0 spiro atoms. The van der Waals surface area contributed by atoms with Crippen molar-refractivity contribution < 1.29 is 18.1 Å². The van der Waals surface area contributed by atoms with E-state index in [1.807, 2.05) is 4.90 Å². The molecule has 1 aromatic carbocycles. The number of hydrogen-bond donors (Lipinski definition) is 0. The van der Waals surface area contributed by atoms with Crippen LogP contribution < -0.4 is 4.90 Å². The van der Waals surface area contributed by atoms with Gasteiger partial charge in [-0.2, -0.15) is 13.2 Å². The zero-order valence-corrected chi connectivity index (χ0v) is 14.7. The van der Waals surface area contributed by atoms with E-state index < -0.39 is 17.6 Å². The quantitative estimate of drug-likeness (QED) is 0.597. The van der Waals surface area contributed by atoms with Crippen molar-refractivity contribution in [2.24, 2.45) is 0 Å². The molecule has 1 saturated heterocycles. The van der Waals surface area contributed by atoms with Gasteiger partial charge in [-0.15, -0.1) is 0 Å². The largest absolute Gasteiger partial charge is 0.401 e. The van der Waals surface area contributed by atoms with E-state index >= 15 is 0 Å².